The van der Waals surface area contributed by atoms with E-state index in [1.54, 1.807) is 13.2 Å². The van der Waals surface area contributed by atoms with Gasteiger partial charge in [-0.1, -0.05) is 36.4 Å². The molecule has 0 bridgehead atoms. The van der Waals surface area contributed by atoms with Crippen LogP contribution in [0.5, 0.6) is 17.2 Å². The molecule has 0 amide bonds. The summed E-state index contributed by atoms with van der Waals surface area (Å²) in [6.07, 6.45) is 1.72. The van der Waals surface area contributed by atoms with E-state index < -0.39 is 11.6 Å². The molecule has 0 spiro atoms. The van der Waals surface area contributed by atoms with Crippen LogP contribution in [0.2, 0.25) is 0 Å². The van der Waals surface area contributed by atoms with Crippen molar-refractivity contribution in [1.82, 2.24) is 4.90 Å². The van der Waals surface area contributed by atoms with E-state index >= 15 is 0 Å². The number of ether oxygens (including phenoxy) is 4. The molecule has 3 aromatic rings. The lowest BCUT2D eigenvalue weighted by molar-refractivity contribution is -0.175. The molecule has 200 valence electrons. The number of aliphatic hydroxyl groups is 1. The minimum atomic E-state index is -1.61. The third kappa shape index (κ3) is 6.90. The van der Waals surface area contributed by atoms with Crippen molar-refractivity contribution in [1.29, 1.82) is 0 Å². The van der Waals surface area contributed by atoms with E-state index in [-0.39, 0.29) is 0 Å². The Morgan fingerprint density at radius 1 is 1.05 bits per heavy atom. The molecule has 1 saturated heterocycles. The summed E-state index contributed by atoms with van der Waals surface area (Å²) in [6, 6.07) is 22.4. The van der Waals surface area contributed by atoms with Crippen molar-refractivity contribution in [3.05, 3.63) is 83.9 Å². The first-order valence-electron chi connectivity index (χ1n) is 12.7. The second-order valence-corrected chi connectivity index (χ2v) is 9.13. The highest BCUT2D eigenvalue weighted by atomic mass is 16.6. The maximum atomic E-state index is 12.4. The standard InChI is InChI=1S/C30H34N2O6/c1-31-27-10-3-4-11-28(27)38-22-32(17-7-19-36-26-14-12-25(35-2)13-15-26)21-23-8-5-9-24(20-23)30(34)16-6-18-37-29(30)33/h3-5,8-15,20,34H,1,6-7,16-19,21-22H2,2H3. The van der Waals surface area contributed by atoms with Crippen molar-refractivity contribution in [3.8, 4) is 17.2 Å². The van der Waals surface area contributed by atoms with Crippen molar-refractivity contribution in [3.63, 3.8) is 0 Å². The Hall–Kier alpha value is -3.88. The Morgan fingerprint density at radius 3 is 2.61 bits per heavy atom. The minimum absolute atomic E-state index is 0.311. The van der Waals surface area contributed by atoms with Gasteiger partial charge in [0, 0.05) is 13.1 Å². The SMILES string of the molecule is C=Nc1ccccc1OCN(CCCOc1ccc(OC)cc1)Cc1cccc(C2(O)CCCOC2=O)c1. The van der Waals surface area contributed by atoms with Crippen LogP contribution in [0, 0.1) is 0 Å². The summed E-state index contributed by atoms with van der Waals surface area (Å²) >= 11 is 0. The maximum absolute atomic E-state index is 12.4. The van der Waals surface area contributed by atoms with Crippen molar-refractivity contribution < 1.29 is 28.8 Å². The van der Waals surface area contributed by atoms with Gasteiger partial charge in [-0.2, -0.15) is 0 Å². The monoisotopic (exact) mass is 518 g/mol. The van der Waals surface area contributed by atoms with Crippen LogP contribution in [0.1, 0.15) is 30.4 Å². The van der Waals surface area contributed by atoms with Gasteiger partial charge in [-0.15, -0.1) is 0 Å². The molecule has 38 heavy (non-hydrogen) atoms. The molecule has 4 rings (SSSR count). The van der Waals surface area contributed by atoms with E-state index in [4.69, 9.17) is 18.9 Å². The molecular formula is C30H34N2O6. The number of hydrogen-bond acceptors (Lipinski definition) is 8. The lowest BCUT2D eigenvalue weighted by Gasteiger charge is -2.31. The summed E-state index contributed by atoms with van der Waals surface area (Å²) in [5, 5.41) is 11.0. The zero-order chi connectivity index (χ0) is 26.8. The van der Waals surface area contributed by atoms with Crippen molar-refractivity contribution >= 4 is 18.4 Å². The summed E-state index contributed by atoms with van der Waals surface area (Å²) in [7, 11) is 1.63. The molecule has 0 radical (unpaired) electrons. The second-order valence-electron chi connectivity index (χ2n) is 9.13. The highest BCUT2D eigenvalue weighted by Gasteiger charge is 2.41. The molecule has 0 aromatic heterocycles. The van der Waals surface area contributed by atoms with Gasteiger partial charge in [-0.25, -0.2) is 4.79 Å². The molecule has 1 aliphatic heterocycles. The Balaban J connectivity index is 1.43. The third-order valence-corrected chi connectivity index (χ3v) is 6.45. The predicted molar refractivity (Wildman–Crippen MR) is 145 cm³/mol. The topological polar surface area (TPSA) is 89.8 Å². The zero-order valence-electron chi connectivity index (χ0n) is 21.7. The number of carbonyl (C=O) groups excluding carboxylic acids is 1. The van der Waals surface area contributed by atoms with Gasteiger partial charge in [0.2, 0.25) is 0 Å². The summed E-state index contributed by atoms with van der Waals surface area (Å²) in [5.74, 6) is 1.61. The van der Waals surface area contributed by atoms with Crippen molar-refractivity contribution in [2.24, 2.45) is 4.99 Å². The highest BCUT2D eigenvalue weighted by molar-refractivity contribution is 5.81. The first-order chi connectivity index (χ1) is 18.5. The first kappa shape index (κ1) is 27.2. The molecule has 1 heterocycles. The van der Waals surface area contributed by atoms with Crippen LogP contribution in [0.15, 0.2) is 77.8 Å². The van der Waals surface area contributed by atoms with E-state index in [1.807, 2.05) is 66.7 Å². The summed E-state index contributed by atoms with van der Waals surface area (Å²) in [5.41, 5.74) is 0.556. The number of esters is 1. The molecule has 0 saturated carbocycles. The number of nitrogens with zero attached hydrogens (tertiary/aromatic N) is 2. The molecule has 1 atom stereocenters. The van der Waals surface area contributed by atoms with E-state index in [9.17, 15) is 9.90 Å². The van der Waals surface area contributed by atoms with E-state index in [2.05, 4.69) is 16.6 Å². The van der Waals surface area contributed by atoms with Crippen LogP contribution >= 0.6 is 0 Å². The number of hydrogen-bond donors (Lipinski definition) is 1. The van der Waals surface area contributed by atoms with Gasteiger partial charge in [-0.05, 0) is 73.5 Å². The number of benzene rings is 3. The first-order valence-corrected chi connectivity index (χ1v) is 12.7. The lowest BCUT2D eigenvalue weighted by atomic mass is 9.87. The lowest BCUT2D eigenvalue weighted by Crippen LogP contribution is -2.41. The molecule has 1 unspecified atom stereocenters. The Bertz CT molecular complexity index is 1220. The van der Waals surface area contributed by atoms with Crippen LogP contribution in [-0.2, 0) is 21.7 Å². The fourth-order valence-corrected chi connectivity index (χ4v) is 4.37. The van der Waals surface area contributed by atoms with Crippen LogP contribution < -0.4 is 14.2 Å². The van der Waals surface area contributed by atoms with Crippen LogP contribution in [0.25, 0.3) is 0 Å². The third-order valence-electron chi connectivity index (χ3n) is 6.45. The number of rotatable bonds is 13. The molecule has 8 nitrogen and oxygen atoms in total. The minimum Gasteiger partial charge on any atom is -0.497 e. The zero-order valence-corrected chi connectivity index (χ0v) is 21.7. The van der Waals surface area contributed by atoms with Gasteiger partial charge in [0.25, 0.3) is 0 Å². The molecule has 3 aromatic carbocycles. The van der Waals surface area contributed by atoms with Gasteiger partial charge in [-0.3, -0.25) is 9.89 Å². The van der Waals surface area contributed by atoms with Crippen LogP contribution in [0.3, 0.4) is 0 Å². The molecular weight excluding hydrogens is 484 g/mol. The van der Waals surface area contributed by atoms with Gasteiger partial charge in [0.1, 0.15) is 29.7 Å². The smallest absolute Gasteiger partial charge is 0.342 e. The summed E-state index contributed by atoms with van der Waals surface area (Å²) in [6.45, 7) is 6.04. The maximum Gasteiger partial charge on any atom is 0.342 e. The molecule has 1 N–H and O–H groups in total. The predicted octanol–water partition coefficient (Wildman–Crippen LogP) is 4.86. The molecule has 8 heteroatoms. The second kappa shape index (κ2) is 13.1. The molecule has 1 fully saturated rings. The molecule has 0 aliphatic carbocycles. The largest absolute Gasteiger partial charge is 0.497 e. The Kier molecular flexibility index (Phi) is 9.35. The van der Waals surface area contributed by atoms with E-state index in [0.29, 0.717) is 62.9 Å². The van der Waals surface area contributed by atoms with Gasteiger partial charge in [0.15, 0.2) is 5.60 Å². The normalized spacial score (nSPS) is 17.1. The molecule has 1 aliphatic rings. The number of aliphatic imine (C=N–C) groups is 1. The number of carbonyl (C=O) groups is 1. The van der Waals surface area contributed by atoms with Crippen molar-refractivity contribution in [2.45, 2.75) is 31.4 Å². The van der Waals surface area contributed by atoms with Crippen LogP contribution in [-0.4, -0.2) is 56.3 Å². The fraction of sp³-hybridized carbons (Fsp3) is 0.333. The quantitative estimate of drug-likeness (QED) is 0.150. The summed E-state index contributed by atoms with van der Waals surface area (Å²) < 4.78 is 22.3. The van der Waals surface area contributed by atoms with E-state index in [1.165, 1.54) is 0 Å². The van der Waals surface area contributed by atoms with E-state index in [0.717, 1.165) is 23.5 Å². The number of methoxy groups -OCH3 is 1. The highest BCUT2D eigenvalue weighted by Crippen LogP contribution is 2.32. The Morgan fingerprint density at radius 2 is 1.84 bits per heavy atom. The number of cyclic esters (lactones) is 1. The average molecular weight is 519 g/mol. The van der Waals surface area contributed by atoms with Gasteiger partial charge in [0.05, 0.1) is 20.3 Å². The van der Waals surface area contributed by atoms with Gasteiger partial charge >= 0.3 is 5.97 Å². The average Bonchev–Trinajstić information content (AvgIpc) is 2.96. The number of para-hydroxylation sites is 2. The van der Waals surface area contributed by atoms with Crippen LogP contribution in [0.4, 0.5) is 5.69 Å². The Labute approximate surface area is 223 Å². The fourth-order valence-electron chi connectivity index (χ4n) is 4.37. The summed E-state index contributed by atoms with van der Waals surface area (Å²) in [4.78, 5) is 18.5. The van der Waals surface area contributed by atoms with Gasteiger partial charge < -0.3 is 24.1 Å². The van der Waals surface area contributed by atoms with Crippen molar-refractivity contribution in [2.75, 3.05) is 33.6 Å².